The first-order valence-corrected chi connectivity index (χ1v) is 8.30. The molecule has 1 heterocycles. The van der Waals surface area contributed by atoms with E-state index >= 15 is 0 Å². The van der Waals surface area contributed by atoms with Crippen LogP contribution in [0.2, 0.25) is 0 Å². The third-order valence-corrected chi connectivity index (χ3v) is 4.48. The molecule has 1 fully saturated rings. The third kappa shape index (κ3) is 4.67. The molecule has 3 atom stereocenters. The Hall–Kier alpha value is -1.16. The van der Waals surface area contributed by atoms with Crippen molar-refractivity contribution in [3.63, 3.8) is 0 Å². The summed E-state index contributed by atoms with van der Waals surface area (Å²) in [6, 6.07) is 3.96. The van der Waals surface area contributed by atoms with Crippen LogP contribution in [0.3, 0.4) is 0 Å². The van der Waals surface area contributed by atoms with Crippen LogP contribution in [-0.4, -0.2) is 22.8 Å². The number of nitrogens with zero attached hydrogens (tertiary/aromatic N) is 2. The van der Waals surface area contributed by atoms with Crippen LogP contribution in [0.25, 0.3) is 0 Å². The Morgan fingerprint density at radius 3 is 2.71 bits per heavy atom. The Balaban J connectivity index is 1.98. The highest BCUT2D eigenvalue weighted by Crippen LogP contribution is 2.35. The van der Waals surface area contributed by atoms with E-state index in [4.69, 9.17) is 4.74 Å². The molecule has 118 valence electrons. The van der Waals surface area contributed by atoms with E-state index in [2.05, 4.69) is 43.2 Å². The van der Waals surface area contributed by atoms with E-state index in [1.807, 2.05) is 12.1 Å². The molecule has 0 bridgehead atoms. The first kappa shape index (κ1) is 16.2. The lowest BCUT2D eigenvalue weighted by atomic mass is 9.75. The second-order valence-electron chi connectivity index (χ2n) is 6.63. The Kier molecular flexibility index (Phi) is 5.97. The van der Waals surface area contributed by atoms with Gasteiger partial charge < -0.3 is 10.1 Å². The lowest BCUT2D eigenvalue weighted by molar-refractivity contribution is 0.0418. The van der Waals surface area contributed by atoms with E-state index < -0.39 is 0 Å². The normalized spacial score (nSPS) is 26.0. The summed E-state index contributed by atoms with van der Waals surface area (Å²) in [5.74, 6) is 2.69. The van der Waals surface area contributed by atoms with Crippen molar-refractivity contribution in [1.82, 2.24) is 15.5 Å². The summed E-state index contributed by atoms with van der Waals surface area (Å²) in [7, 11) is 0. The fraction of sp³-hybridized carbons (Fsp3) is 0.765. The molecule has 0 spiro atoms. The van der Waals surface area contributed by atoms with E-state index in [-0.39, 0.29) is 6.10 Å². The van der Waals surface area contributed by atoms with Crippen LogP contribution in [0, 0.1) is 17.8 Å². The highest BCUT2D eigenvalue weighted by Gasteiger charge is 2.32. The molecule has 2 rings (SSSR count). The molecular formula is C17H29N3O. The van der Waals surface area contributed by atoms with Crippen LogP contribution in [-0.2, 0) is 6.54 Å². The first-order valence-electron chi connectivity index (χ1n) is 8.30. The first-order chi connectivity index (χ1) is 10.1. The van der Waals surface area contributed by atoms with Crippen molar-refractivity contribution in [2.75, 3.05) is 6.54 Å². The van der Waals surface area contributed by atoms with Gasteiger partial charge in [0.15, 0.2) is 0 Å². The Morgan fingerprint density at radius 1 is 1.29 bits per heavy atom. The predicted octanol–water partition coefficient (Wildman–Crippen LogP) is 3.43. The topological polar surface area (TPSA) is 47.0 Å². The van der Waals surface area contributed by atoms with Crippen molar-refractivity contribution in [1.29, 1.82) is 0 Å². The summed E-state index contributed by atoms with van der Waals surface area (Å²) in [6.45, 7) is 10.7. The number of rotatable bonds is 6. The molecule has 1 saturated carbocycles. The maximum atomic E-state index is 6.17. The van der Waals surface area contributed by atoms with Crippen LogP contribution in [0.15, 0.2) is 12.1 Å². The molecule has 0 amide bonds. The Morgan fingerprint density at radius 2 is 2.10 bits per heavy atom. The largest absolute Gasteiger partial charge is 0.473 e. The van der Waals surface area contributed by atoms with Crippen LogP contribution >= 0.6 is 0 Å². The molecule has 0 aromatic carbocycles. The van der Waals surface area contributed by atoms with Gasteiger partial charge in [-0.3, -0.25) is 0 Å². The van der Waals surface area contributed by atoms with E-state index in [0.717, 1.165) is 31.1 Å². The molecule has 0 saturated heterocycles. The quantitative estimate of drug-likeness (QED) is 0.872. The van der Waals surface area contributed by atoms with Gasteiger partial charge in [-0.05, 0) is 43.2 Å². The maximum absolute atomic E-state index is 6.17. The molecule has 0 radical (unpaired) electrons. The van der Waals surface area contributed by atoms with Gasteiger partial charge >= 0.3 is 0 Å². The van der Waals surface area contributed by atoms with Gasteiger partial charge in [0.1, 0.15) is 6.10 Å². The lowest BCUT2D eigenvalue weighted by Crippen LogP contribution is -2.36. The van der Waals surface area contributed by atoms with Crippen molar-refractivity contribution < 1.29 is 4.74 Å². The van der Waals surface area contributed by atoms with Crippen LogP contribution in [0.5, 0.6) is 5.88 Å². The van der Waals surface area contributed by atoms with E-state index in [0.29, 0.717) is 17.7 Å². The molecule has 1 N–H and O–H groups in total. The molecule has 1 aromatic rings. The van der Waals surface area contributed by atoms with Gasteiger partial charge in [-0.1, -0.05) is 34.1 Å². The van der Waals surface area contributed by atoms with E-state index in [1.165, 1.54) is 12.8 Å². The molecule has 21 heavy (non-hydrogen) atoms. The fourth-order valence-electron chi connectivity index (χ4n) is 3.16. The van der Waals surface area contributed by atoms with Gasteiger partial charge in [-0.15, -0.1) is 5.10 Å². The smallest absolute Gasteiger partial charge is 0.233 e. The average Bonchev–Trinajstić information content (AvgIpc) is 2.46. The number of hydrogen-bond acceptors (Lipinski definition) is 4. The van der Waals surface area contributed by atoms with Gasteiger partial charge in [0.2, 0.25) is 5.88 Å². The summed E-state index contributed by atoms with van der Waals surface area (Å²) < 4.78 is 6.17. The number of nitrogens with one attached hydrogen (secondary N) is 1. The van der Waals surface area contributed by atoms with Crippen LogP contribution in [0.4, 0.5) is 0 Å². The van der Waals surface area contributed by atoms with Gasteiger partial charge in [0, 0.05) is 12.6 Å². The third-order valence-electron chi connectivity index (χ3n) is 4.48. The van der Waals surface area contributed by atoms with Crippen molar-refractivity contribution in [3.05, 3.63) is 17.8 Å². The summed E-state index contributed by atoms with van der Waals surface area (Å²) in [5, 5.41) is 11.7. The highest BCUT2D eigenvalue weighted by atomic mass is 16.5. The molecule has 4 heteroatoms. The summed E-state index contributed by atoms with van der Waals surface area (Å²) in [6.07, 6.45) is 3.98. The second kappa shape index (κ2) is 7.74. The van der Waals surface area contributed by atoms with Gasteiger partial charge in [0.25, 0.3) is 0 Å². The Labute approximate surface area is 128 Å². The highest BCUT2D eigenvalue weighted by molar-refractivity contribution is 5.12. The van der Waals surface area contributed by atoms with Crippen molar-refractivity contribution >= 4 is 0 Å². The zero-order valence-electron chi connectivity index (χ0n) is 13.8. The molecule has 1 aromatic heterocycles. The van der Waals surface area contributed by atoms with E-state index in [9.17, 15) is 0 Å². The molecule has 0 aliphatic heterocycles. The van der Waals surface area contributed by atoms with Crippen LogP contribution < -0.4 is 10.1 Å². The van der Waals surface area contributed by atoms with Crippen molar-refractivity contribution in [2.24, 2.45) is 17.8 Å². The minimum Gasteiger partial charge on any atom is -0.473 e. The minimum absolute atomic E-state index is 0.280. The molecule has 3 unspecified atom stereocenters. The molecular weight excluding hydrogens is 262 g/mol. The number of hydrogen-bond donors (Lipinski definition) is 1. The minimum atomic E-state index is 0.280. The van der Waals surface area contributed by atoms with Gasteiger partial charge in [-0.2, -0.15) is 5.10 Å². The average molecular weight is 291 g/mol. The van der Waals surface area contributed by atoms with Crippen molar-refractivity contribution in [3.8, 4) is 5.88 Å². The SMILES string of the molecule is CCNCc1ccc(OC2CC(C)CCC2C(C)C)nn1. The second-order valence-corrected chi connectivity index (χ2v) is 6.63. The summed E-state index contributed by atoms with van der Waals surface area (Å²) in [4.78, 5) is 0. The van der Waals surface area contributed by atoms with Crippen LogP contribution in [0.1, 0.15) is 52.7 Å². The molecule has 1 aliphatic rings. The number of ether oxygens (including phenoxy) is 1. The summed E-state index contributed by atoms with van der Waals surface area (Å²) >= 11 is 0. The lowest BCUT2D eigenvalue weighted by Gasteiger charge is -2.36. The van der Waals surface area contributed by atoms with E-state index in [1.54, 1.807) is 0 Å². The zero-order valence-corrected chi connectivity index (χ0v) is 13.8. The standard InChI is InChI=1S/C17H29N3O/c1-5-18-11-14-7-9-17(20-19-14)21-16-10-13(4)6-8-15(16)12(2)3/h7,9,12-13,15-16,18H,5-6,8,10-11H2,1-4H3. The number of aromatic nitrogens is 2. The Bertz CT molecular complexity index is 419. The maximum Gasteiger partial charge on any atom is 0.233 e. The van der Waals surface area contributed by atoms with Gasteiger partial charge in [-0.25, -0.2) is 0 Å². The van der Waals surface area contributed by atoms with Crippen molar-refractivity contribution in [2.45, 2.75) is 59.6 Å². The summed E-state index contributed by atoms with van der Waals surface area (Å²) in [5.41, 5.74) is 0.960. The molecule has 1 aliphatic carbocycles. The zero-order chi connectivity index (χ0) is 15.2. The predicted molar refractivity (Wildman–Crippen MR) is 85.2 cm³/mol. The monoisotopic (exact) mass is 291 g/mol. The fourth-order valence-corrected chi connectivity index (χ4v) is 3.16. The molecule has 4 nitrogen and oxygen atoms in total. The van der Waals surface area contributed by atoms with Gasteiger partial charge in [0.05, 0.1) is 5.69 Å².